The van der Waals surface area contributed by atoms with Crippen LogP contribution in [0.25, 0.3) is 0 Å². The van der Waals surface area contributed by atoms with Gasteiger partial charge in [0.25, 0.3) is 0 Å². The van der Waals surface area contributed by atoms with Gasteiger partial charge in [0.05, 0.1) is 0 Å². The summed E-state index contributed by atoms with van der Waals surface area (Å²) in [6.07, 6.45) is 5.88. The Morgan fingerprint density at radius 2 is 2.06 bits per heavy atom. The molecule has 1 saturated carbocycles. The Balaban J connectivity index is 2.02. The molecule has 1 aromatic heterocycles. The summed E-state index contributed by atoms with van der Waals surface area (Å²) in [6.45, 7) is 0.671. The number of carbonyl (C=O) groups is 1. The smallest absolute Gasteiger partial charge is 0.323 e. The summed E-state index contributed by atoms with van der Waals surface area (Å²) in [5.74, 6) is -0.684. The van der Waals surface area contributed by atoms with Gasteiger partial charge in [0.1, 0.15) is 5.54 Å². The lowest BCUT2D eigenvalue weighted by molar-refractivity contribution is -0.145. The van der Waals surface area contributed by atoms with Crippen LogP contribution in [0.2, 0.25) is 0 Å². The number of nitrogens with one attached hydrogen (secondary N) is 1. The second kappa shape index (κ2) is 5.65. The van der Waals surface area contributed by atoms with Crippen LogP contribution in [0.4, 0.5) is 0 Å². The molecule has 2 rings (SSSR count). The van der Waals surface area contributed by atoms with Gasteiger partial charge in [-0.15, -0.1) is 11.3 Å². The molecule has 94 valence electrons. The van der Waals surface area contributed by atoms with E-state index in [0.717, 1.165) is 38.5 Å². The zero-order valence-electron chi connectivity index (χ0n) is 9.95. The molecule has 0 saturated heterocycles. The maximum Gasteiger partial charge on any atom is 0.323 e. The molecule has 1 aliphatic carbocycles. The fourth-order valence-corrected chi connectivity index (χ4v) is 3.11. The van der Waals surface area contributed by atoms with Crippen LogP contribution in [0.3, 0.4) is 0 Å². The molecule has 17 heavy (non-hydrogen) atoms. The standard InChI is InChI=1S/C13H19NO2S/c15-12(16)13(7-3-1-2-4-8-13)14-10-11-6-5-9-17-11/h5-6,9,14H,1-4,7-8,10H2,(H,15,16). The third-order valence-corrected chi connectivity index (χ3v) is 4.42. The molecule has 0 bridgehead atoms. The lowest BCUT2D eigenvalue weighted by Gasteiger charge is -2.29. The van der Waals surface area contributed by atoms with E-state index in [1.807, 2.05) is 17.5 Å². The van der Waals surface area contributed by atoms with Crippen LogP contribution in [-0.2, 0) is 11.3 Å². The Kier molecular flexibility index (Phi) is 4.18. The van der Waals surface area contributed by atoms with E-state index in [-0.39, 0.29) is 0 Å². The van der Waals surface area contributed by atoms with Gasteiger partial charge in [-0.1, -0.05) is 31.7 Å². The molecule has 0 radical (unpaired) electrons. The van der Waals surface area contributed by atoms with E-state index in [1.54, 1.807) is 11.3 Å². The topological polar surface area (TPSA) is 49.3 Å². The van der Waals surface area contributed by atoms with Gasteiger partial charge in [-0.05, 0) is 24.3 Å². The number of hydrogen-bond acceptors (Lipinski definition) is 3. The highest BCUT2D eigenvalue weighted by molar-refractivity contribution is 7.09. The van der Waals surface area contributed by atoms with Gasteiger partial charge < -0.3 is 5.11 Å². The molecule has 1 aromatic rings. The van der Waals surface area contributed by atoms with Gasteiger partial charge in [-0.25, -0.2) is 0 Å². The first-order valence-corrected chi connectivity index (χ1v) is 7.12. The zero-order chi connectivity index (χ0) is 12.1. The fraction of sp³-hybridized carbons (Fsp3) is 0.615. The molecule has 2 N–H and O–H groups in total. The molecule has 0 unspecified atom stereocenters. The summed E-state index contributed by atoms with van der Waals surface area (Å²) in [5, 5.41) is 14.8. The van der Waals surface area contributed by atoms with Gasteiger partial charge >= 0.3 is 5.97 Å². The second-order valence-corrected chi connectivity index (χ2v) is 5.77. The highest BCUT2D eigenvalue weighted by atomic mass is 32.1. The fourth-order valence-electron chi connectivity index (χ4n) is 2.47. The second-order valence-electron chi connectivity index (χ2n) is 4.73. The summed E-state index contributed by atoms with van der Waals surface area (Å²) in [5.41, 5.74) is -0.694. The number of carboxylic acid groups (broad SMARTS) is 1. The molecule has 0 amide bonds. The molecule has 0 atom stereocenters. The Bertz CT molecular complexity index is 354. The monoisotopic (exact) mass is 253 g/mol. The Hall–Kier alpha value is -0.870. The van der Waals surface area contributed by atoms with Crippen molar-refractivity contribution in [1.29, 1.82) is 0 Å². The molecule has 1 aliphatic rings. The molecule has 0 spiro atoms. The minimum atomic E-state index is -0.694. The number of aliphatic carboxylic acids is 1. The first kappa shape index (κ1) is 12.6. The summed E-state index contributed by atoms with van der Waals surface area (Å²) in [4.78, 5) is 12.7. The largest absolute Gasteiger partial charge is 0.480 e. The number of hydrogen-bond donors (Lipinski definition) is 2. The lowest BCUT2D eigenvalue weighted by Crippen LogP contribution is -2.51. The highest BCUT2D eigenvalue weighted by Gasteiger charge is 2.37. The Morgan fingerprint density at radius 1 is 1.35 bits per heavy atom. The van der Waals surface area contributed by atoms with E-state index in [1.165, 1.54) is 4.88 Å². The normalized spacial score (nSPS) is 19.8. The van der Waals surface area contributed by atoms with Crippen molar-refractivity contribution in [3.05, 3.63) is 22.4 Å². The molecular formula is C13H19NO2S. The number of carboxylic acids is 1. The van der Waals surface area contributed by atoms with Crippen molar-refractivity contribution >= 4 is 17.3 Å². The first-order valence-electron chi connectivity index (χ1n) is 6.24. The molecule has 0 aromatic carbocycles. The third-order valence-electron chi connectivity index (χ3n) is 3.55. The average molecular weight is 253 g/mol. The van der Waals surface area contributed by atoms with Crippen LogP contribution >= 0.6 is 11.3 Å². The van der Waals surface area contributed by atoms with Crippen LogP contribution < -0.4 is 5.32 Å². The molecule has 4 heteroatoms. The molecular weight excluding hydrogens is 234 g/mol. The maximum absolute atomic E-state index is 11.5. The van der Waals surface area contributed by atoms with Crippen LogP contribution in [0.5, 0.6) is 0 Å². The zero-order valence-corrected chi connectivity index (χ0v) is 10.8. The predicted molar refractivity (Wildman–Crippen MR) is 69.2 cm³/mol. The van der Waals surface area contributed by atoms with Gasteiger partial charge in [-0.3, -0.25) is 10.1 Å². The van der Waals surface area contributed by atoms with E-state index in [2.05, 4.69) is 5.32 Å². The summed E-state index contributed by atoms with van der Waals surface area (Å²) >= 11 is 1.67. The van der Waals surface area contributed by atoms with E-state index in [0.29, 0.717) is 6.54 Å². The van der Waals surface area contributed by atoms with Crippen molar-refractivity contribution < 1.29 is 9.90 Å². The number of rotatable bonds is 4. The highest BCUT2D eigenvalue weighted by Crippen LogP contribution is 2.28. The maximum atomic E-state index is 11.5. The van der Waals surface area contributed by atoms with Crippen molar-refractivity contribution in [2.45, 2.75) is 50.6 Å². The Labute approximate surface area is 106 Å². The molecule has 0 aliphatic heterocycles. The SMILES string of the molecule is O=C(O)C1(NCc2cccs2)CCCCCC1. The van der Waals surface area contributed by atoms with Crippen molar-refractivity contribution in [1.82, 2.24) is 5.32 Å². The van der Waals surface area contributed by atoms with Gasteiger partial charge in [-0.2, -0.15) is 0 Å². The van der Waals surface area contributed by atoms with E-state index < -0.39 is 11.5 Å². The minimum absolute atomic E-state index is 0.671. The van der Waals surface area contributed by atoms with Crippen LogP contribution in [0.15, 0.2) is 17.5 Å². The van der Waals surface area contributed by atoms with Crippen molar-refractivity contribution in [3.8, 4) is 0 Å². The summed E-state index contributed by atoms with van der Waals surface area (Å²) < 4.78 is 0. The average Bonchev–Trinajstić information content (AvgIpc) is 2.71. The van der Waals surface area contributed by atoms with Gasteiger partial charge in [0.15, 0.2) is 0 Å². The van der Waals surface area contributed by atoms with Crippen LogP contribution in [-0.4, -0.2) is 16.6 Å². The van der Waals surface area contributed by atoms with E-state index >= 15 is 0 Å². The van der Waals surface area contributed by atoms with Gasteiger partial charge in [0.2, 0.25) is 0 Å². The quantitative estimate of drug-likeness (QED) is 0.811. The molecule has 1 heterocycles. The van der Waals surface area contributed by atoms with Crippen molar-refractivity contribution in [2.75, 3.05) is 0 Å². The van der Waals surface area contributed by atoms with Crippen molar-refractivity contribution in [2.24, 2.45) is 0 Å². The van der Waals surface area contributed by atoms with Gasteiger partial charge in [0, 0.05) is 11.4 Å². The van der Waals surface area contributed by atoms with E-state index in [4.69, 9.17) is 0 Å². The summed E-state index contributed by atoms with van der Waals surface area (Å²) in [6, 6.07) is 4.05. The summed E-state index contributed by atoms with van der Waals surface area (Å²) in [7, 11) is 0. The predicted octanol–water partition coefficient (Wildman–Crippen LogP) is 3.02. The van der Waals surface area contributed by atoms with Crippen LogP contribution in [0.1, 0.15) is 43.4 Å². The van der Waals surface area contributed by atoms with Crippen molar-refractivity contribution in [3.63, 3.8) is 0 Å². The lowest BCUT2D eigenvalue weighted by atomic mass is 9.90. The number of thiophene rings is 1. The molecule has 1 fully saturated rings. The van der Waals surface area contributed by atoms with Crippen LogP contribution in [0, 0.1) is 0 Å². The minimum Gasteiger partial charge on any atom is -0.480 e. The van der Waals surface area contributed by atoms with E-state index in [9.17, 15) is 9.90 Å². The Morgan fingerprint density at radius 3 is 2.59 bits per heavy atom. The molecule has 3 nitrogen and oxygen atoms in total. The first-order chi connectivity index (χ1) is 8.23. The third kappa shape index (κ3) is 3.07.